The van der Waals surface area contributed by atoms with Gasteiger partial charge in [-0.25, -0.2) is 9.98 Å². The number of rotatable bonds is 5. The Balaban J connectivity index is 1.60. The average molecular weight is 334 g/mol. The van der Waals surface area contributed by atoms with E-state index in [0.29, 0.717) is 12.6 Å². The van der Waals surface area contributed by atoms with Crippen LogP contribution < -0.4 is 5.32 Å². The Bertz CT molecular complexity index is 616. The summed E-state index contributed by atoms with van der Waals surface area (Å²) in [6.07, 6.45) is 5.30. The Morgan fingerprint density at radius 2 is 2.12 bits per heavy atom. The number of methoxy groups -OCH3 is 1. The Kier molecular flexibility index (Phi) is 4.86. The summed E-state index contributed by atoms with van der Waals surface area (Å²) in [6.45, 7) is 3.96. The molecule has 0 unspecified atom stereocenters. The fourth-order valence-electron chi connectivity index (χ4n) is 3.22. The predicted octanol–water partition coefficient (Wildman–Crippen LogP) is -0.0885. The Hall–Kier alpha value is -1.93. The molecule has 8 heteroatoms. The highest BCUT2D eigenvalue weighted by atomic mass is 16.5. The zero-order valence-corrected chi connectivity index (χ0v) is 14.7. The summed E-state index contributed by atoms with van der Waals surface area (Å²) in [6, 6.07) is 0. The second-order valence-electron chi connectivity index (χ2n) is 6.62. The lowest BCUT2D eigenvalue weighted by Crippen LogP contribution is -2.49. The lowest BCUT2D eigenvalue weighted by Gasteiger charge is -2.35. The van der Waals surface area contributed by atoms with Gasteiger partial charge < -0.3 is 14.2 Å². The zero-order valence-electron chi connectivity index (χ0n) is 14.7. The van der Waals surface area contributed by atoms with Crippen molar-refractivity contribution in [2.75, 3.05) is 40.9 Å². The van der Waals surface area contributed by atoms with Gasteiger partial charge >= 0.3 is 0 Å². The lowest BCUT2D eigenvalue weighted by atomic mass is 9.88. The molecule has 0 radical (unpaired) electrons. The number of aliphatic imine (C=N–C) groups is 1. The molecule has 0 aliphatic carbocycles. The minimum Gasteiger partial charge on any atom is -0.383 e. The van der Waals surface area contributed by atoms with E-state index >= 15 is 0 Å². The van der Waals surface area contributed by atoms with Crippen molar-refractivity contribution in [1.29, 1.82) is 0 Å². The third kappa shape index (κ3) is 3.29. The maximum Gasteiger partial charge on any atom is 0.254 e. The van der Waals surface area contributed by atoms with E-state index in [1.54, 1.807) is 7.11 Å². The van der Waals surface area contributed by atoms with E-state index in [2.05, 4.69) is 24.8 Å². The molecule has 0 aromatic carbocycles. The minimum atomic E-state index is -0.582. The van der Waals surface area contributed by atoms with Crippen LogP contribution >= 0.6 is 0 Å². The molecule has 3 rings (SSSR count). The molecule has 1 aromatic heterocycles. The van der Waals surface area contributed by atoms with E-state index in [-0.39, 0.29) is 5.91 Å². The van der Waals surface area contributed by atoms with Crippen LogP contribution in [0.1, 0.15) is 18.7 Å². The van der Waals surface area contributed by atoms with E-state index in [1.807, 2.05) is 31.4 Å². The smallest absolute Gasteiger partial charge is 0.254 e. The van der Waals surface area contributed by atoms with Gasteiger partial charge in [0.15, 0.2) is 0 Å². The molecule has 1 fully saturated rings. The Morgan fingerprint density at radius 1 is 1.38 bits per heavy atom. The van der Waals surface area contributed by atoms with Crippen LogP contribution in [-0.4, -0.2) is 77.7 Å². The number of guanidine groups is 1. The van der Waals surface area contributed by atoms with E-state index < -0.39 is 5.54 Å². The highest BCUT2D eigenvalue weighted by Crippen LogP contribution is 2.30. The highest BCUT2D eigenvalue weighted by molar-refractivity contribution is 6.07. The normalized spacial score (nSPS) is 20.3. The van der Waals surface area contributed by atoms with E-state index in [1.165, 1.54) is 0 Å². The van der Waals surface area contributed by atoms with Crippen LogP contribution in [0.4, 0.5) is 0 Å². The molecule has 3 heterocycles. The summed E-state index contributed by atoms with van der Waals surface area (Å²) >= 11 is 0. The van der Waals surface area contributed by atoms with Crippen molar-refractivity contribution in [3.05, 3.63) is 18.2 Å². The molecule has 0 atom stereocenters. The van der Waals surface area contributed by atoms with Crippen LogP contribution in [0.5, 0.6) is 0 Å². The number of piperidine rings is 1. The van der Waals surface area contributed by atoms with Gasteiger partial charge in [0.25, 0.3) is 5.91 Å². The molecule has 1 saturated heterocycles. The average Bonchev–Trinajstić information content (AvgIpc) is 3.13. The molecule has 24 heavy (non-hydrogen) atoms. The molecule has 1 aromatic rings. The first-order valence-corrected chi connectivity index (χ1v) is 8.34. The van der Waals surface area contributed by atoms with Crippen LogP contribution in [0.15, 0.2) is 17.4 Å². The van der Waals surface area contributed by atoms with Crippen LogP contribution in [0.25, 0.3) is 0 Å². The quantitative estimate of drug-likeness (QED) is 0.815. The number of nitrogens with zero attached hydrogens (tertiary/aromatic N) is 5. The molecule has 0 saturated carbocycles. The fourth-order valence-corrected chi connectivity index (χ4v) is 3.22. The van der Waals surface area contributed by atoms with Crippen molar-refractivity contribution >= 4 is 11.9 Å². The molecule has 1 amide bonds. The summed E-state index contributed by atoms with van der Waals surface area (Å²) in [5.41, 5.74) is -0.582. The van der Waals surface area contributed by atoms with Crippen molar-refractivity contribution in [1.82, 2.24) is 24.7 Å². The fraction of sp³-hybridized carbons (Fsp3) is 0.688. The number of hydrogen-bond donors (Lipinski definition) is 1. The van der Waals surface area contributed by atoms with Gasteiger partial charge in [0.05, 0.1) is 13.2 Å². The predicted molar refractivity (Wildman–Crippen MR) is 90.6 cm³/mol. The number of imidazole rings is 1. The molecule has 8 nitrogen and oxygen atoms in total. The standard InChI is InChI=1S/C16H26N6O2/c1-20(2)15-18-14(23)16(19-15)4-7-21(8-5-16)12-13-17-6-9-22(13)10-11-24-3/h6,9H,4-5,7-8,10-12H2,1-3H3,(H,18,19,23). The van der Waals surface area contributed by atoms with Crippen molar-refractivity contribution in [3.63, 3.8) is 0 Å². The minimum absolute atomic E-state index is 0.0347. The third-order valence-electron chi connectivity index (χ3n) is 4.78. The summed E-state index contributed by atoms with van der Waals surface area (Å²) < 4.78 is 7.26. The number of carbonyl (C=O) groups is 1. The van der Waals surface area contributed by atoms with Gasteiger partial charge in [0.1, 0.15) is 11.4 Å². The monoisotopic (exact) mass is 334 g/mol. The summed E-state index contributed by atoms with van der Waals surface area (Å²) in [5.74, 6) is 1.74. The van der Waals surface area contributed by atoms with Crippen LogP contribution in [0.3, 0.4) is 0 Å². The molecule has 1 spiro atoms. The molecule has 2 aliphatic heterocycles. The highest BCUT2D eigenvalue weighted by Gasteiger charge is 2.46. The zero-order chi connectivity index (χ0) is 17.2. The maximum atomic E-state index is 12.4. The number of hydrogen-bond acceptors (Lipinski definition) is 6. The van der Waals surface area contributed by atoms with Crippen molar-refractivity contribution in [3.8, 4) is 0 Å². The molecular weight excluding hydrogens is 308 g/mol. The summed E-state index contributed by atoms with van der Waals surface area (Å²) in [4.78, 5) is 25.7. The van der Waals surface area contributed by atoms with Crippen LogP contribution in [0, 0.1) is 0 Å². The van der Waals surface area contributed by atoms with Gasteiger partial charge in [0.2, 0.25) is 5.96 Å². The number of amides is 1. The first-order chi connectivity index (χ1) is 11.5. The number of likely N-dealkylation sites (tertiary alicyclic amines) is 1. The number of nitrogens with one attached hydrogen (secondary N) is 1. The lowest BCUT2D eigenvalue weighted by molar-refractivity contribution is -0.125. The molecule has 0 bridgehead atoms. The first kappa shape index (κ1) is 16.9. The number of carbonyl (C=O) groups excluding carboxylic acids is 1. The number of aromatic nitrogens is 2. The Morgan fingerprint density at radius 3 is 2.75 bits per heavy atom. The van der Waals surface area contributed by atoms with E-state index in [9.17, 15) is 4.79 Å². The topological polar surface area (TPSA) is 75.0 Å². The molecule has 2 aliphatic rings. The van der Waals surface area contributed by atoms with Gasteiger partial charge in [-0.2, -0.15) is 0 Å². The van der Waals surface area contributed by atoms with Crippen molar-refractivity contribution in [2.45, 2.75) is 31.5 Å². The van der Waals surface area contributed by atoms with Crippen molar-refractivity contribution < 1.29 is 9.53 Å². The Labute approximate surface area is 142 Å². The van der Waals surface area contributed by atoms with Gasteiger partial charge in [0, 0.05) is 53.2 Å². The largest absolute Gasteiger partial charge is 0.383 e. The molecule has 132 valence electrons. The summed E-state index contributed by atoms with van der Waals surface area (Å²) in [5, 5.41) is 2.89. The van der Waals surface area contributed by atoms with Crippen molar-refractivity contribution in [2.24, 2.45) is 4.99 Å². The van der Waals surface area contributed by atoms with E-state index in [0.717, 1.165) is 44.8 Å². The van der Waals surface area contributed by atoms with Crippen LogP contribution in [-0.2, 0) is 22.6 Å². The SMILES string of the molecule is COCCn1ccnc1CN1CCC2(CC1)N=C(N(C)C)NC2=O. The van der Waals surface area contributed by atoms with Gasteiger partial charge in [-0.3, -0.25) is 15.0 Å². The van der Waals surface area contributed by atoms with Gasteiger partial charge in [-0.15, -0.1) is 0 Å². The van der Waals surface area contributed by atoms with Gasteiger partial charge in [-0.1, -0.05) is 0 Å². The second-order valence-corrected chi connectivity index (χ2v) is 6.62. The summed E-state index contributed by atoms with van der Waals surface area (Å²) in [7, 11) is 5.50. The molecule has 1 N–H and O–H groups in total. The van der Waals surface area contributed by atoms with Crippen LogP contribution in [0.2, 0.25) is 0 Å². The first-order valence-electron chi connectivity index (χ1n) is 8.34. The second kappa shape index (κ2) is 6.90. The van der Waals surface area contributed by atoms with Gasteiger partial charge in [-0.05, 0) is 12.8 Å². The number of ether oxygens (including phenoxy) is 1. The molecular formula is C16H26N6O2. The third-order valence-corrected chi connectivity index (χ3v) is 4.78. The van der Waals surface area contributed by atoms with E-state index in [4.69, 9.17) is 4.74 Å². The maximum absolute atomic E-state index is 12.4.